The maximum absolute atomic E-state index is 5.43. The van der Waals surface area contributed by atoms with Gasteiger partial charge in [-0.25, -0.2) is 4.99 Å². The molecule has 23 heavy (non-hydrogen) atoms. The van der Waals surface area contributed by atoms with Crippen LogP contribution in [0, 0.1) is 11.3 Å². The van der Waals surface area contributed by atoms with E-state index < -0.39 is 0 Å². The van der Waals surface area contributed by atoms with Gasteiger partial charge in [-0.15, -0.1) is 0 Å². The molecule has 2 fully saturated rings. The number of aliphatic imine (C=N–C) groups is 1. The third-order valence-electron chi connectivity index (χ3n) is 5.29. The first-order valence-corrected chi connectivity index (χ1v) is 9.21. The molecule has 0 radical (unpaired) electrons. The number of nitrogens with zero attached hydrogens (tertiary/aromatic N) is 2. The van der Waals surface area contributed by atoms with E-state index in [1.54, 1.807) is 0 Å². The van der Waals surface area contributed by atoms with Crippen molar-refractivity contribution in [2.45, 2.75) is 65.8 Å². The van der Waals surface area contributed by atoms with E-state index in [0.717, 1.165) is 54.8 Å². The molecule has 0 bridgehead atoms. The van der Waals surface area contributed by atoms with E-state index in [9.17, 15) is 0 Å². The quantitative estimate of drug-likeness (QED) is 0.571. The van der Waals surface area contributed by atoms with Crippen molar-refractivity contribution in [1.29, 1.82) is 0 Å². The van der Waals surface area contributed by atoms with Crippen molar-refractivity contribution in [3.05, 3.63) is 17.0 Å². The van der Waals surface area contributed by atoms with E-state index in [0.29, 0.717) is 12.0 Å². The van der Waals surface area contributed by atoms with Gasteiger partial charge in [-0.1, -0.05) is 19.0 Å². The summed E-state index contributed by atoms with van der Waals surface area (Å²) < 4.78 is 5.43. The minimum absolute atomic E-state index is 0.580. The van der Waals surface area contributed by atoms with Gasteiger partial charge in [-0.3, -0.25) is 0 Å². The van der Waals surface area contributed by atoms with Crippen LogP contribution in [0.3, 0.4) is 0 Å². The van der Waals surface area contributed by atoms with Crippen LogP contribution in [0.2, 0.25) is 0 Å². The van der Waals surface area contributed by atoms with Crippen molar-refractivity contribution in [3.8, 4) is 0 Å². The Morgan fingerprint density at radius 2 is 2.00 bits per heavy atom. The largest absolute Gasteiger partial charge is 0.361 e. The SMILES string of the molecule is CCNC(=NCc1c(CC)noc1CC)NCC1(C2CC2)CC1. The van der Waals surface area contributed by atoms with Crippen LogP contribution < -0.4 is 10.6 Å². The van der Waals surface area contributed by atoms with Gasteiger partial charge in [0.15, 0.2) is 5.96 Å². The lowest BCUT2D eigenvalue weighted by molar-refractivity contribution is 0.380. The molecular weight excluding hydrogens is 288 g/mol. The Labute approximate surface area is 139 Å². The monoisotopic (exact) mass is 318 g/mol. The second-order valence-electron chi connectivity index (χ2n) is 6.92. The van der Waals surface area contributed by atoms with Crippen LogP contribution in [0.15, 0.2) is 9.52 Å². The lowest BCUT2D eigenvalue weighted by Gasteiger charge is -2.18. The fourth-order valence-corrected chi connectivity index (χ4v) is 3.46. The lowest BCUT2D eigenvalue weighted by Crippen LogP contribution is -2.40. The number of aromatic nitrogens is 1. The van der Waals surface area contributed by atoms with Crippen molar-refractivity contribution in [2.75, 3.05) is 13.1 Å². The normalized spacial score (nSPS) is 19.7. The van der Waals surface area contributed by atoms with Gasteiger partial charge in [0.25, 0.3) is 0 Å². The first-order chi connectivity index (χ1) is 11.2. The molecule has 2 saturated carbocycles. The predicted molar refractivity (Wildman–Crippen MR) is 92.5 cm³/mol. The molecule has 5 nitrogen and oxygen atoms in total. The lowest BCUT2D eigenvalue weighted by atomic mass is 10.0. The van der Waals surface area contributed by atoms with Gasteiger partial charge in [0.1, 0.15) is 5.76 Å². The highest BCUT2D eigenvalue weighted by Gasteiger charge is 2.53. The molecular formula is C18H30N4O. The minimum Gasteiger partial charge on any atom is -0.361 e. The molecule has 2 aliphatic carbocycles. The highest BCUT2D eigenvalue weighted by molar-refractivity contribution is 5.79. The van der Waals surface area contributed by atoms with Gasteiger partial charge >= 0.3 is 0 Å². The molecule has 2 aliphatic rings. The Hall–Kier alpha value is -1.52. The fourth-order valence-electron chi connectivity index (χ4n) is 3.46. The Morgan fingerprint density at radius 1 is 1.22 bits per heavy atom. The zero-order valence-electron chi connectivity index (χ0n) is 14.7. The maximum atomic E-state index is 5.43. The summed E-state index contributed by atoms with van der Waals surface area (Å²) in [6.07, 6.45) is 7.38. The van der Waals surface area contributed by atoms with E-state index in [2.05, 4.69) is 36.6 Å². The van der Waals surface area contributed by atoms with Crippen LogP contribution in [-0.2, 0) is 19.4 Å². The molecule has 1 aromatic heterocycles. The number of hydrogen-bond donors (Lipinski definition) is 2. The molecule has 2 N–H and O–H groups in total. The van der Waals surface area contributed by atoms with Crippen molar-refractivity contribution >= 4 is 5.96 Å². The van der Waals surface area contributed by atoms with Crippen LogP contribution in [-0.4, -0.2) is 24.2 Å². The number of nitrogens with one attached hydrogen (secondary N) is 2. The third-order valence-corrected chi connectivity index (χ3v) is 5.29. The van der Waals surface area contributed by atoms with Crippen molar-refractivity contribution < 1.29 is 4.52 Å². The smallest absolute Gasteiger partial charge is 0.191 e. The van der Waals surface area contributed by atoms with E-state index in [4.69, 9.17) is 9.52 Å². The summed E-state index contributed by atoms with van der Waals surface area (Å²) in [5.74, 6) is 2.86. The minimum atomic E-state index is 0.580. The number of aryl methyl sites for hydroxylation is 2. The van der Waals surface area contributed by atoms with Crippen LogP contribution in [0.5, 0.6) is 0 Å². The van der Waals surface area contributed by atoms with Gasteiger partial charge in [-0.05, 0) is 50.4 Å². The van der Waals surface area contributed by atoms with Gasteiger partial charge in [0.2, 0.25) is 0 Å². The molecule has 5 heteroatoms. The molecule has 0 spiro atoms. The van der Waals surface area contributed by atoms with Crippen molar-refractivity contribution in [1.82, 2.24) is 15.8 Å². The summed E-state index contributed by atoms with van der Waals surface area (Å²) >= 11 is 0. The average Bonchev–Trinajstić information content (AvgIpc) is 3.46. The van der Waals surface area contributed by atoms with Gasteiger partial charge in [-0.2, -0.15) is 0 Å². The fraction of sp³-hybridized carbons (Fsp3) is 0.778. The van der Waals surface area contributed by atoms with Gasteiger partial charge < -0.3 is 15.2 Å². The zero-order valence-corrected chi connectivity index (χ0v) is 14.7. The molecule has 0 unspecified atom stereocenters. The molecule has 0 amide bonds. The number of hydrogen-bond acceptors (Lipinski definition) is 3. The standard InChI is InChI=1S/C18H30N4O/c1-4-15-14(16(5-2)23-22-15)11-20-17(19-6-3)21-12-18(9-10-18)13-7-8-13/h13H,4-12H2,1-3H3,(H2,19,20,21). The summed E-state index contributed by atoms with van der Waals surface area (Å²) in [6, 6.07) is 0. The van der Waals surface area contributed by atoms with E-state index in [1.165, 1.54) is 25.7 Å². The van der Waals surface area contributed by atoms with Crippen LogP contribution >= 0.6 is 0 Å². The predicted octanol–water partition coefficient (Wildman–Crippen LogP) is 3.04. The summed E-state index contributed by atoms with van der Waals surface area (Å²) in [4.78, 5) is 4.78. The van der Waals surface area contributed by atoms with Crippen molar-refractivity contribution in [3.63, 3.8) is 0 Å². The molecule has 3 rings (SSSR count). The van der Waals surface area contributed by atoms with E-state index in [-0.39, 0.29) is 0 Å². The zero-order chi connectivity index (χ0) is 16.3. The molecule has 1 aromatic rings. The summed E-state index contributed by atoms with van der Waals surface area (Å²) in [5.41, 5.74) is 2.78. The topological polar surface area (TPSA) is 62.5 Å². The highest BCUT2D eigenvalue weighted by Crippen LogP contribution is 2.60. The highest BCUT2D eigenvalue weighted by atomic mass is 16.5. The Bertz CT molecular complexity index is 534. The average molecular weight is 318 g/mol. The third kappa shape index (κ3) is 3.70. The molecule has 128 valence electrons. The van der Waals surface area contributed by atoms with Gasteiger partial charge in [0.05, 0.1) is 12.2 Å². The van der Waals surface area contributed by atoms with Gasteiger partial charge in [0, 0.05) is 25.1 Å². The Kier molecular flexibility index (Phi) is 4.93. The van der Waals surface area contributed by atoms with Crippen LogP contribution in [0.25, 0.3) is 0 Å². The first-order valence-electron chi connectivity index (χ1n) is 9.21. The molecule has 1 heterocycles. The molecule has 0 atom stereocenters. The molecule has 0 saturated heterocycles. The summed E-state index contributed by atoms with van der Waals surface area (Å²) in [5, 5.41) is 11.1. The van der Waals surface area contributed by atoms with E-state index in [1.807, 2.05) is 0 Å². The number of rotatable bonds is 8. The van der Waals surface area contributed by atoms with Crippen LogP contribution in [0.1, 0.15) is 63.5 Å². The van der Waals surface area contributed by atoms with Crippen LogP contribution in [0.4, 0.5) is 0 Å². The van der Waals surface area contributed by atoms with E-state index >= 15 is 0 Å². The summed E-state index contributed by atoms with van der Waals surface area (Å²) in [7, 11) is 0. The van der Waals surface area contributed by atoms with Crippen molar-refractivity contribution in [2.24, 2.45) is 16.3 Å². The molecule has 0 aromatic carbocycles. The Balaban J connectivity index is 1.63. The first kappa shape index (κ1) is 16.3. The second kappa shape index (κ2) is 6.93. The Morgan fingerprint density at radius 3 is 2.57 bits per heavy atom. The molecule has 0 aliphatic heterocycles. The summed E-state index contributed by atoms with van der Waals surface area (Å²) in [6.45, 7) is 8.91. The maximum Gasteiger partial charge on any atom is 0.191 e. The number of guanidine groups is 1. The second-order valence-corrected chi connectivity index (χ2v) is 6.92.